The van der Waals surface area contributed by atoms with Crippen LogP contribution in [0.25, 0.3) is 11.4 Å². The lowest BCUT2D eigenvalue weighted by atomic mass is 10.1. The molecule has 1 heterocycles. The predicted molar refractivity (Wildman–Crippen MR) is 123 cm³/mol. The summed E-state index contributed by atoms with van der Waals surface area (Å²) in [5.74, 6) is 2.56. The molecule has 1 saturated carbocycles. The van der Waals surface area contributed by atoms with Crippen molar-refractivity contribution in [1.29, 1.82) is 0 Å². The van der Waals surface area contributed by atoms with Crippen molar-refractivity contribution in [2.75, 3.05) is 12.9 Å². The third-order valence-electron chi connectivity index (χ3n) is 5.82. The van der Waals surface area contributed by atoms with E-state index in [1.54, 1.807) is 7.11 Å². The maximum Gasteiger partial charge on any atom is 0.233 e. The minimum atomic E-state index is 0.134. The first-order valence-electron chi connectivity index (χ1n) is 10.6. The van der Waals surface area contributed by atoms with E-state index in [4.69, 9.17) is 4.74 Å². The number of carbonyl (C=O) groups excluding carboxylic acids is 1. The van der Waals surface area contributed by atoms with Gasteiger partial charge in [0.05, 0.1) is 18.4 Å². The quantitative estimate of drug-likeness (QED) is 0.465. The van der Waals surface area contributed by atoms with Crippen molar-refractivity contribution >= 4 is 17.7 Å². The van der Waals surface area contributed by atoms with Crippen LogP contribution in [0.15, 0.2) is 59.8 Å². The van der Waals surface area contributed by atoms with Gasteiger partial charge in [-0.1, -0.05) is 54.2 Å². The zero-order valence-electron chi connectivity index (χ0n) is 18.2. The number of thioether (sulfide) groups is 1. The third-order valence-corrected chi connectivity index (χ3v) is 6.82. The highest BCUT2D eigenvalue weighted by Crippen LogP contribution is 2.36. The van der Waals surface area contributed by atoms with Gasteiger partial charge < -0.3 is 14.2 Å². The van der Waals surface area contributed by atoms with E-state index >= 15 is 0 Å². The lowest BCUT2D eigenvalue weighted by Gasteiger charge is -2.29. The summed E-state index contributed by atoms with van der Waals surface area (Å²) < 4.78 is 7.37. The number of para-hydroxylation sites is 1. The number of methoxy groups -OCH3 is 1. The Hall–Kier alpha value is -2.80. The maximum atomic E-state index is 13.2. The fourth-order valence-electron chi connectivity index (χ4n) is 3.79. The molecule has 4 rings (SSSR count). The van der Waals surface area contributed by atoms with Gasteiger partial charge >= 0.3 is 0 Å². The topological polar surface area (TPSA) is 60.3 Å². The van der Waals surface area contributed by atoms with Gasteiger partial charge in [0.1, 0.15) is 5.75 Å². The minimum absolute atomic E-state index is 0.134. The largest absolute Gasteiger partial charge is 0.496 e. The van der Waals surface area contributed by atoms with Crippen LogP contribution in [0.2, 0.25) is 0 Å². The number of rotatable bonds is 9. The van der Waals surface area contributed by atoms with Gasteiger partial charge in [-0.15, -0.1) is 10.2 Å². The fraction of sp³-hybridized carbons (Fsp3) is 0.375. The van der Waals surface area contributed by atoms with Crippen molar-refractivity contribution in [1.82, 2.24) is 19.7 Å². The van der Waals surface area contributed by atoms with Crippen LogP contribution in [0.4, 0.5) is 0 Å². The first kappa shape index (κ1) is 21.4. The van der Waals surface area contributed by atoms with Gasteiger partial charge in [0, 0.05) is 19.6 Å². The van der Waals surface area contributed by atoms with Crippen LogP contribution in [0.5, 0.6) is 5.75 Å². The van der Waals surface area contributed by atoms with Gasteiger partial charge in [-0.3, -0.25) is 4.79 Å². The second kappa shape index (κ2) is 9.56. The first-order valence-corrected chi connectivity index (χ1v) is 11.6. The van der Waals surface area contributed by atoms with Crippen LogP contribution < -0.4 is 4.74 Å². The summed E-state index contributed by atoms with van der Waals surface area (Å²) >= 11 is 1.43. The highest BCUT2D eigenvalue weighted by Gasteiger charge is 2.34. The Kier molecular flexibility index (Phi) is 6.61. The molecule has 1 aliphatic rings. The van der Waals surface area contributed by atoms with Crippen molar-refractivity contribution in [2.24, 2.45) is 13.0 Å². The monoisotopic (exact) mass is 436 g/mol. The number of aromatic nitrogens is 3. The van der Waals surface area contributed by atoms with E-state index in [1.807, 2.05) is 59.0 Å². The average molecular weight is 437 g/mol. The van der Waals surface area contributed by atoms with Crippen LogP contribution in [0.3, 0.4) is 0 Å². The van der Waals surface area contributed by atoms with E-state index in [0.29, 0.717) is 23.4 Å². The number of ether oxygens (including phenoxy) is 1. The summed E-state index contributed by atoms with van der Waals surface area (Å²) in [4.78, 5) is 15.2. The zero-order valence-corrected chi connectivity index (χ0v) is 19.0. The molecule has 0 spiro atoms. The number of benzene rings is 2. The Morgan fingerprint density at radius 3 is 2.58 bits per heavy atom. The number of hydrogen-bond acceptors (Lipinski definition) is 5. The van der Waals surface area contributed by atoms with Gasteiger partial charge in [0.2, 0.25) is 5.91 Å². The highest BCUT2D eigenvalue weighted by atomic mass is 32.2. The molecule has 3 aromatic rings. The molecule has 1 atom stereocenters. The van der Waals surface area contributed by atoms with E-state index in [2.05, 4.69) is 29.3 Å². The minimum Gasteiger partial charge on any atom is -0.496 e. The van der Waals surface area contributed by atoms with Crippen molar-refractivity contribution < 1.29 is 9.53 Å². The Morgan fingerprint density at radius 2 is 1.87 bits per heavy atom. The van der Waals surface area contributed by atoms with Crippen LogP contribution in [0, 0.1) is 5.92 Å². The first-order chi connectivity index (χ1) is 15.1. The van der Waals surface area contributed by atoms with Gasteiger partial charge in [-0.25, -0.2) is 0 Å². The molecule has 0 aliphatic heterocycles. The number of amides is 1. The summed E-state index contributed by atoms with van der Waals surface area (Å²) in [6.07, 6.45) is 2.41. The predicted octanol–water partition coefficient (Wildman–Crippen LogP) is 4.41. The Morgan fingerprint density at radius 1 is 1.16 bits per heavy atom. The summed E-state index contributed by atoms with van der Waals surface area (Å²) in [7, 11) is 3.56. The van der Waals surface area contributed by atoms with Gasteiger partial charge in [-0.2, -0.15) is 0 Å². The molecule has 0 radical (unpaired) electrons. The molecule has 31 heavy (non-hydrogen) atoms. The van der Waals surface area contributed by atoms with E-state index in [0.717, 1.165) is 22.7 Å². The maximum absolute atomic E-state index is 13.2. The second-order valence-electron chi connectivity index (χ2n) is 7.94. The molecule has 162 valence electrons. The third kappa shape index (κ3) is 4.93. The van der Waals surface area contributed by atoms with Crippen LogP contribution >= 0.6 is 11.8 Å². The van der Waals surface area contributed by atoms with Crippen molar-refractivity contribution in [3.05, 3.63) is 60.2 Å². The SMILES string of the molecule is COc1ccccc1-c1nnc(SCC(=O)N(Cc2ccccc2)C(C)C2CC2)n1C. The molecular formula is C24H28N4O2S. The molecule has 7 heteroatoms. The number of carbonyl (C=O) groups is 1. The smallest absolute Gasteiger partial charge is 0.233 e. The molecule has 1 aromatic heterocycles. The van der Waals surface area contributed by atoms with Gasteiger partial charge in [0.25, 0.3) is 0 Å². The summed E-state index contributed by atoms with van der Waals surface area (Å²) in [5, 5.41) is 9.39. The molecule has 1 amide bonds. The Bertz CT molecular complexity index is 1030. The molecule has 0 bridgehead atoms. The summed E-state index contributed by atoms with van der Waals surface area (Å²) in [5.41, 5.74) is 2.04. The van der Waals surface area contributed by atoms with E-state index < -0.39 is 0 Å². The van der Waals surface area contributed by atoms with Crippen LogP contribution in [0.1, 0.15) is 25.3 Å². The average Bonchev–Trinajstić information content (AvgIpc) is 3.59. The van der Waals surface area contributed by atoms with Crippen molar-refractivity contribution in [3.63, 3.8) is 0 Å². The molecular weight excluding hydrogens is 408 g/mol. The van der Waals surface area contributed by atoms with Gasteiger partial charge in [-0.05, 0) is 43.4 Å². The second-order valence-corrected chi connectivity index (χ2v) is 8.88. The summed E-state index contributed by atoms with van der Waals surface area (Å²) in [6, 6.07) is 18.2. The van der Waals surface area contributed by atoms with E-state index in [9.17, 15) is 4.79 Å². The molecule has 1 aliphatic carbocycles. The van der Waals surface area contributed by atoms with Crippen molar-refractivity contribution in [3.8, 4) is 17.1 Å². The number of hydrogen-bond donors (Lipinski definition) is 0. The Labute approximate surface area is 187 Å². The normalized spacial score (nSPS) is 14.3. The van der Waals surface area contributed by atoms with Crippen molar-refractivity contribution in [2.45, 2.75) is 37.5 Å². The molecule has 6 nitrogen and oxygen atoms in total. The molecule has 1 fully saturated rings. The van der Waals surface area contributed by atoms with E-state index in [-0.39, 0.29) is 11.9 Å². The standard InChI is InChI=1S/C24H28N4O2S/c1-17(19-13-14-19)28(15-18-9-5-4-6-10-18)22(29)16-31-24-26-25-23(27(24)2)20-11-7-8-12-21(20)30-3/h4-12,17,19H,13-16H2,1-3H3. The molecule has 2 aromatic carbocycles. The number of nitrogens with zero attached hydrogens (tertiary/aromatic N) is 4. The molecule has 0 saturated heterocycles. The van der Waals surface area contributed by atoms with Crippen LogP contribution in [-0.4, -0.2) is 44.5 Å². The lowest BCUT2D eigenvalue weighted by Crippen LogP contribution is -2.40. The molecule has 0 N–H and O–H groups in total. The van der Waals surface area contributed by atoms with Gasteiger partial charge in [0.15, 0.2) is 11.0 Å². The highest BCUT2D eigenvalue weighted by molar-refractivity contribution is 7.99. The lowest BCUT2D eigenvalue weighted by molar-refractivity contribution is -0.131. The van der Waals surface area contributed by atoms with Crippen LogP contribution in [-0.2, 0) is 18.4 Å². The zero-order chi connectivity index (χ0) is 21.8. The Balaban J connectivity index is 1.47. The molecule has 1 unspecified atom stereocenters. The van der Waals surface area contributed by atoms with E-state index in [1.165, 1.54) is 24.6 Å². The summed E-state index contributed by atoms with van der Waals surface area (Å²) in [6.45, 7) is 2.81. The fourth-order valence-corrected chi connectivity index (χ4v) is 4.58.